The lowest BCUT2D eigenvalue weighted by atomic mass is 10.3. The zero-order chi connectivity index (χ0) is 15.2. The van der Waals surface area contributed by atoms with Crippen molar-refractivity contribution in [2.24, 2.45) is 0 Å². The first-order valence-electron chi connectivity index (χ1n) is 6.68. The Morgan fingerprint density at radius 1 is 1.40 bits per heavy atom. The summed E-state index contributed by atoms with van der Waals surface area (Å²) in [5, 5.41) is 9.10. The van der Waals surface area contributed by atoms with Gasteiger partial charge < -0.3 is 9.84 Å². The molecule has 0 radical (unpaired) electrons. The van der Waals surface area contributed by atoms with E-state index in [9.17, 15) is 8.42 Å². The maximum Gasteiger partial charge on any atom is 0.250 e. The van der Waals surface area contributed by atoms with Gasteiger partial charge in [0.05, 0.1) is 12.7 Å². The Balaban J connectivity index is 2.41. The third-order valence-corrected chi connectivity index (χ3v) is 5.88. The number of rotatable bonds is 9. The number of thiophene rings is 1. The van der Waals surface area contributed by atoms with E-state index >= 15 is 0 Å². The first-order valence-corrected chi connectivity index (χ1v) is 8.98. The second-order valence-electron chi connectivity index (χ2n) is 4.85. The maximum absolute atomic E-state index is 12.0. The first kappa shape index (κ1) is 17.6. The Labute approximate surface area is 125 Å². The molecule has 2 N–H and O–H groups in total. The molecule has 7 heteroatoms. The number of hydrogen-bond donors (Lipinski definition) is 2. The van der Waals surface area contributed by atoms with Crippen molar-refractivity contribution < 1.29 is 18.3 Å². The molecular weight excluding hydrogens is 298 g/mol. The molecule has 20 heavy (non-hydrogen) atoms. The van der Waals surface area contributed by atoms with Gasteiger partial charge in [-0.05, 0) is 45.2 Å². The molecule has 1 aromatic heterocycles. The maximum atomic E-state index is 12.0. The number of sulfonamides is 1. The van der Waals surface area contributed by atoms with E-state index in [4.69, 9.17) is 9.84 Å². The van der Waals surface area contributed by atoms with E-state index in [1.165, 1.54) is 0 Å². The Morgan fingerprint density at radius 3 is 2.65 bits per heavy atom. The SMILES string of the molecule is Cc1cc(S(=O)(=O)NCCCCOC(C)C)sc1CO. The lowest BCUT2D eigenvalue weighted by Crippen LogP contribution is -2.24. The summed E-state index contributed by atoms with van der Waals surface area (Å²) in [5.41, 5.74) is 0.809. The van der Waals surface area contributed by atoms with Crippen LogP contribution in [-0.2, 0) is 21.4 Å². The van der Waals surface area contributed by atoms with Gasteiger partial charge in [0, 0.05) is 18.0 Å². The molecule has 0 unspecified atom stereocenters. The van der Waals surface area contributed by atoms with Crippen LogP contribution in [0.25, 0.3) is 0 Å². The third-order valence-electron chi connectivity index (χ3n) is 2.72. The lowest BCUT2D eigenvalue weighted by Gasteiger charge is -2.07. The monoisotopic (exact) mass is 321 g/mol. The minimum atomic E-state index is -3.46. The van der Waals surface area contributed by atoms with Gasteiger partial charge in [-0.15, -0.1) is 11.3 Å². The molecule has 5 nitrogen and oxygen atoms in total. The second kappa shape index (κ2) is 8.09. The van der Waals surface area contributed by atoms with E-state index in [2.05, 4.69) is 4.72 Å². The number of nitrogens with one attached hydrogen (secondary N) is 1. The van der Waals surface area contributed by atoms with E-state index in [-0.39, 0.29) is 16.9 Å². The minimum absolute atomic E-state index is 0.126. The predicted octanol–water partition coefficient (Wildman–Crippen LogP) is 2.03. The number of aliphatic hydroxyl groups excluding tert-OH is 1. The Kier molecular flexibility index (Phi) is 7.11. The summed E-state index contributed by atoms with van der Waals surface area (Å²) in [6.07, 6.45) is 1.77. The highest BCUT2D eigenvalue weighted by atomic mass is 32.2. The number of aryl methyl sites for hydroxylation is 1. The number of hydrogen-bond acceptors (Lipinski definition) is 5. The van der Waals surface area contributed by atoms with Crippen LogP contribution < -0.4 is 4.72 Å². The number of unbranched alkanes of at least 4 members (excludes halogenated alkanes) is 1. The van der Waals surface area contributed by atoms with E-state index in [1.54, 1.807) is 13.0 Å². The zero-order valence-electron chi connectivity index (χ0n) is 12.2. The van der Waals surface area contributed by atoms with Crippen LogP contribution in [0.4, 0.5) is 0 Å². The van der Waals surface area contributed by atoms with Gasteiger partial charge in [0.1, 0.15) is 4.21 Å². The first-order chi connectivity index (χ1) is 9.36. The predicted molar refractivity (Wildman–Crippen MR) is 80.5 cm³/mol. The van der Waals surface area contributed by atoms with Crippen LogP contribution in [0, 0.1) is 6.92 Å². The zero-order valence-corrected chi connectivity index (χ0v) is 13.8. The molecule has 0 bridgehead atoms. The van der Waals surface area contributed by atoms with Crippen molar-refractivity contribution in [3.05, 3.63) is 16.5 Å². The summed E-state index contributed by atoms with van der Waals surface area (Å²) < 4.78 is 32.3. The van der Waals surface area contributed by atoms with Gasteiger partial charge in [-0.2, -0.15) is 0 Å². The topological polar surface area (TPSA) is 75.6 Å². The molecule has 0 spiro atoms. The molecule has 0 atom stereocenters. The molecular formula is C13H23NO4S2. The Morgan fingerprint density at radius 2 is 2.10 bits per heavy atom. The molecule has 116 valence electrons. The molecule has 0 amide bonds. The summed E-state index contributed by atoms with van der Waals surface area (Å²) >= 11 is 1.11. The van der Waals surface area contributed by atoms with Crippen LogP contribution in [0.1, 0.15) is 37.1 Å². The van der Waals surface area contributed by atoms with E-state index in [0.29, 0.717) is 18.0 Å². The fourth-order valence-corrected chi connectivity index (χ4v) is 4.17. The fraction of sp³-hybridized carbons (Fsp3) is 0.692. The van der Waals surface area contributed by atoms with Crippen molar-refractivity contribution in [2.45, 2.75) is 50.5 Å². The molecule has 0 aliphatic carbocycles. The van der Waals surface area contributed by atoms with Gasteiger partial charge in [0.2, 0.25) is 10.0 Å². The molecule has 0 saturated heterocycles. The number of aliphatic hydroxyl groups is 1. The van der Waals surface area contributed by atoms with Crippen LogP contribution in [0.3, 0.4) is 0 Å². The minimum Gasteiger partial charge on any atom is -0.391 e. The smallest absolute Gasteiger partial charge is 0.250 e. The second-order valence-corrected chi connectivity index (χ2v) is 7.98. The summed E-state index contributed by atoms with van der Waals surface area (Å²) in [5.74, 6) is 0. The van der Waals surface area contributed by atoms with E-state index < -0.39 is 10.0 Å². The summed E-state index contributed by atoms with van der Waals surface area (Å²) in [4.78, 5) is 0.690. The van der Waals surface area contributed by atoms with Crippen molar-refractivity contribution in [1.29, 1.82) is 0 Å². The highest BCUT2D eigenvalue weighted by Gasteiger charge is 2.17. The average Bonchev–Trinajstić information content (AvgIpc) is 2.75. The standard InChI is InChI=1S/C13H23NO4S2/c1-10(2)18-7-5-4-6-14-20(16,17)13-8-11(3)12(9-15)19-13/h8,10,14-15H,4-7,9H2,1-3H3. The summed E-state index contributed by atoms with van der Waals surface area (Å²) in [6, 6.07) is 1.60. The summed E-state index contributed by atoms with van der Waals surface area (Å²) in [6.45, 7) is 6.66. The fourth-order valence-electron chi connectivity index (χ4n) is 1.60. The Bertz CT molecular complexity index is 508. The molecule has 0 aliphatic heterocycles. The molecule has 1 heterocycles. The van der Waals surface area contributed by atoms with Crippen molar-refractivity contribution >= 4 is 21.4 Å². The van der Waals surface area contributed by atoms with Crippen LogP contribution in [0.2, 0.25) is 0 Å². The van der Waals surface area contributed by atoms with Gasteiger partial charge in [-0.3, -0.25) is 0 Å². The third kappa shape index (κ3) is 5.49. The quantitative estimate of drug-likeness (QED) is 0.682. The van der Waals surface area contributed by atoms with Gasteiger partial charge in [0.25, 0.3) is 0 Å². The van der Waals surface area contributed by atoms with Crippen molar-refractivity contribution in [2.75, 3.05) is 13.2 Å². The largest absolute Gasteiger partial charge is 0.391 e. The van der Waals surface area contributed by atoms with E-state index in [0.717, 1.165) is 29.7 Å². The lowest BCUT2D eigenvalue weighted by molar-refractivity contribution is 0.0762. The van der Waals surface area contributed by atoms with Crippen molar-refractivity contribution in [1.82, 2.24) is 4.72 Å². The van der Waals surface area contributed by atoms with Gasteiger partial charge in [-0.25, -0.2) is 13.1 Å². The molecule has 0 aliphatic rings. The summed E-state index contributed by atoms with van der Waals surface area (Å²) in [7, 11) is -3.46. The van der Waals surface area contributed by atoms with Crippen molar-refractivity contribution in [3.8, 4) is 0 Å². The van der Waals surface area contributed by atoms with Crippen LogP contribution >= 0.6 is 11.3 Å². The van der Waals surface area contributed by atoms with Crippen molar-refractivity contribution in [3.63, 3.8) is 0 Å². The molecule has 1 aromatic rings. The average molecular weight is 321 g/mol. The molecule has 0 fully saturated rings. The Hall–Kier alpha value is -0.470. The van der Waals surface area contributed by atoms with Gasteiger partial charge in [-0.1, -0.05) is 0 Å². The molecule has 0 saturated carbocycles. The van der Waals surface area contributed by atoms with Crippen LogP contribution in [-0.4, -0.2) is 32.8 Å². The van der Waals surface area contributed by atoms with Crippen LogP contribution in [0.15, 0.2) is 10.3 Å². The highest BCUT2D eigenvalue weighted by Crippen LogP contribution is 2.25. The van der Waals surface area contributed by atoms with E-state index in [1.807, 2.05) is 13.8 Å². The van der Waals surface area contributed by atoms with Gasteiger partial charge >= 0.3 is 0 Å². The number of ether oxygens (including phenoxy) is 1. The molecule has 1 rings (SSSR count). The molecule has 0 aromatic carbocycles. The highest BCUT2D eigenvalue weighted by molar-refractivity contribution is 7.91. The normalized spacial score (nSPS) is 12.2. The van der Waals surface area contributed by atoms with Crippen LogP contribution in [0.5, 0.6) is 0 Å². The van der Waals surface area contributed by atoms with Gasteiger partial charge in [0.15, 0.2) is 0 Å².